The lowest BCUT2D eigenvalue weighted by Crippen LogP contribution is -2.68. The van der Waals surface area contributed by atoms with Crippen molar-refractivity contribution < 1.29 is 4.43 Å². The molecule has 0 N–H and O–H groups in total. The summed E-state index contributed by atoms with van der Waals surface area (Å²) in [6, 6.07) is 23.3. The second-order valence-electron chi connectivity index (χ2n) is 7.50. The quantitative estimate of drug-likeness (QED) is 0.542. The molecule has 3 aromatic rings. The number of pyridine rings is 1. The highest BCUT2D eigenvalue weighted by atomic mass is 79.9. The van der Waals surface area contributed by atoms with Crippen LogP contribution in [0.5, 0.6) is 5.75 Å². The second-order valence-corrected chi connectivity index (χ2v) is 12.6. The van der Waals surface area contributed by atoms with Crippen molar-refractivity contribution in [2.45, 2.75) is 32.7 Å². The van der Waals surface area contributed by atoms with Crippen molar-refractivity contribution in [3.05, 3.63) is 83.1 Å². The maximum absolute atomic E-state index is 6.92. The maximum Gasteiger partial charge on any atom is 0.320 e. The number of hydrogen-bond donors (Lipinski definition) is 0. The van der Waals surface area contributed by atoms with E-state index in [1.807, 2.05) is 19.2 Å². The lowest BCUT2D eigenvalue weighted by Gasteiger charge is -2.42. The van der Waals surface area contributed by atoms with Gasteiger partial charge < -0.3 is 4.43 Å². The molecule has 4 heteroatoms. The lowest BCUT2D eigenvalue weighted by molar-refractivity contribution is 0.505. The monoisotopic (exact) mass is 425 g/mol. The largest absolute Gasteiger partial charge is 0.533 e. The number of aromatic nitrogens is 1. The summed E-state index contributed by atoms with van der Waals surface area (Å²) in [5, 5.41) is 2.46. The summed E-state index contributed by atoms with van der Waals surface area (Å²) in [5.74, 6) is 0.803. The van der Waals surface area contributed by atoms with Crippen LogP contribution in [-0.4, -0.2) is 13.3 Å². The zero-order chi connectivity index (χ0) is 18.8. The van der Waals surface area contributed by atoms with Gasteiger partial charge in [0.05, 0.1) is 11.9 Å². The van der Waals surface area contributed by atoms with Crippen LogP contribution in [0.4, 0.5) is 0 Å². The van der Waals surface area contributed by atoms with E-state index in [0.717, 1.165) is 15.9 Å². The normalized spacial score (nSPS) is 12.0. The molecule has 2 aromatic carbocycles. The fraction of sp³-hybridized carbons (Fsp3) is 0.227. The number of hydrogen-bond acceptors (Lipinski definition) is 2. The van der Waals surface area contributed by atoms with Crippen molar-refractivity contribution in [2.24, 2.45) is 0 Å². The predicted molar refractivity (Wildman–Crippen MR) is 115 cm³/mol. The van der Waals surface area contributed by atoms with E-state index >= 15 is 0 Å². The van der Waals surface area contributed by atoms with Gasteiger partial charge in [-0.15, -0.1) is 0 Å². The number of aryl methyl sites for hydroxylation is 1. The molecule has 0 aliphatic rings. The van der Waals surface area contributed by atoms with Crippen LogP contribution in [0.25, 0.3) is 0 Å². The van der Waals surface area contributed by atoms with Crippen LogP contribution in [0.1, 0.15) is 26.5 Å². The Balaban J connectivity index is 2.25. The lowest BCUT2D eigenvalue weighted by atomic mass is 10.2. The Morgan fingerprint density at radius 1 is 0.885 bits per heavy atom. The van der Waals surface area contributed by atoms with Gasteiger partial charge in [-0.2, -0.15) is 0 Å². The molecule has 0 saturated carbocycles. The first-order valence-corrected chi connectivity index (χ1v) is 11.5. The summed E-state index contributed by atoms with van der Waals surface area (Å²) in [6.07, 6.45) is 1.83. The van der Waals surface area contributed by atoms with Gasteiger partial charge in [-0.05, 0) is 44.3 Å². The SMILES string of the molecule is Cc1ncc(O[Si](c2ccccc2)(c2ccccc2)C(C)(C)C)cc1Br. The Bertz CT molecular complexity index is 836. The first kappa shape index (κ1) is 18.9. The minimum Gasteiger partial charge on any atom is -0.533 e. The molecule has 1 heterocycles. The zero-order valence-electron chi connectivity index (χ0n) is 15.7. The summed E-state index contributed by atoms with van der Waals surface area (Å²) in [6.45, 7) is 8.80. The molecule has 0 aliphatic carbocycles. The molecule has 0 saturated heterocycles. The smallest absolute Gasteiger partial charge is 0.320 e. The molecule has 2 nitrogen and oxygen atoms in total. The van der Waals surface area contributed by atoms with E-state index in [2.05, 4.69) is 102 Å². The molecule has 0 bridgehead atoms. The fourth-order valence-electron chi connectivity index (χ4n) is 3.37. The maximum atomic E-state index is 6.92. The van der Waals surface area contributed by atoms with Crippen LogP contribution >= 0.6 is 15.9 Å². The number of halogens is 1. The van der Waals surface area contributed by atoms with Gasteiger partial charge in [0.2, 0.25) is 0 Å². The van der Waals surface area contributed by atoms with Crippen molar-refractivity contribution in [2.75, 3.05) is 0 Å². The highest BCUT2D eigenvalue weighted by Crippen LogP contribution is 2.37. The molecule has 0 amide bonds. The Morgan fingerprint density at radius 3 is 1.81 bits per heavy atom. The van der Waals surface area contributed by atoms with Gasteiger partial charge in [-0.25, -0.2) is 0 Å². The molecule has 1 aromatic heterocycles. The highest BCUT2D eigenvalue weighted by Gasteiger charge is 2.52. The van der Waals surface area contributed by atoms with Crippen molar-refractivity contribution in [3.8, 4) is 5.75 Å². The van der Waals surface area contributed by atoms with E-state index in [9.17, 15) is 0 Å². The van der Waals surface area contributed by atoms with E-state index in [4.69, 9.17) is 4.43 Å². The van der Waals surface area contributed by atoms with Gasteiger partial charge in [0.15, 0.2) is 0 Å². The molecule has 26 heavy (non-hydrogen) atoms. The zero-order valence-corrected chi connectivity index (χ0v) is 18.2. The highest BCUT2D eigenvalue weighted by molar-refractivity contribution is 9.10. The summed E-state index contributed by atoms with van der Waals surface area (Å²) >= 11 is 3.59. The first-order chi connectivity index (χ1) is 12.3. The van der Waals surface area contributed by atoms with Crippen LogP contribution < -0.4 is 14.8 Å². The summed E-state index contributed by atoms with van der Waals surface area (Å²) in [4.78, 5) is 4.48. The number of rotatable bonds is 4. The molecule has 0 radical (unpaired) electrons. The summed E-state index contributed by atoms with van der Waals surface area (Å²) in [5.41, 5.74) is 0.958. The Morgan fingerprint density at radius 2 is 1.38 bits per heavy atom. The van der Waals surface area contributed by atoms with Crippen molar-refractivity contribution in [1.29, 1.82) is 0 Å². The molecule has 0 fully saturated rings. The topological polar surface area (TPSA) is 22.1 Å². The van der Waals surface area contributed by atoms with Gasteiger partial charge in [0, 0.05) is 4.47 Å². The molecular formula is C22H24BrNOSi. The van der Waals surface area contributed by atoms with Crippen LogP contribution in [0.2, 0.25) is 5.04 Å². The van der Waals surface area contributed by atoms with Gasteiger partial charge in [0.1, 0.15) is 5.75 Å². The fourth-order valence-corrected chi connectivity index (χ4v) is 8.09. The minimum atomic E-state index is -2.59. The van der Waals surface area contributed by atoms with E-state index < -0.39 is 8.32 Å². The third-order valence-electron chi connectivity index (χ3n) is 4.69. The Hall–Kier alpha value is -1.91. The van der Waals surface area contributed by atoms with Crippen molar-refractivity contribution in [3.63, 3.8) is 0 Å². The third-order valence-corrected chi connectivity index (χ3v) is 10.4. The third kappa shape index (κ3) is 3.48. The first-order valence-electron chi connectivity index (χ1n) is 8.77. The average Bonchev–Trinajstić information content (AvgIpc) is 2.63. The van der Waals surface area contributed by atoms with Gasteiger partial charge in [-0.1, -0.05) is 81.4 Å². The van der Waals surface area contributed by atoms with Crippen LogP contribution in [0, 0.1) is 6.92 Å². The standard InChI is InChI=1S/C22H24BrNOSi/c1-17-21(23)15-18(16-24-17)25-26(22(2,3)4,19-11-7-5-8-12-19)20-13-9-6-10-14-20/h5-16H,1-4H3. The number of nitrogens with zero attached hydrogens (tertiary/aromatic N) is 1. The molecule has 0 unspecified atom stereocenters. The minimum absolute atomic E-state index is 0.0624. The van der Waals surface area contributed by atoms with Crippen molar-refractivity contribution in [1.82, 2.24) is 4.98 Å². The van der Waals surface area contributed by atoms with Gasteiger partial charge in [0.25, 0.3) is 0 Å². The predicted octanol–water partition coefficient (Wildman–Crippen LogP) is 5.09. The van der Waals surface area contributed by atoms with E-state index in [1.165, 1.54) is 10.4 Å². The Kier molecular flexibility index (Phi) is 5.35. The van der Waals surface area contributed by atoms with Crippen molar-refractivity contribution >= 4 is 34.6 Å². The van der Waals surface area contributed by atoms with Gasteiger partial charge >= 0.3 is 8.32 Å². The van der Waals surface area contributed by atoms with Crippen LogP contribution in [-0.2, 0) is 0 Å². The average molecular weight is 426 g/mol. The Labute approximate surface area is 165 Å². The molecule has 0 spiro atoms. The molecule has 3 rings (SSSR count). The van der Waals surface area contributed by atoms with E-state index in [-0.39, 0.29) is 5.04 Å². The molecule has 0 aliphatic heterocycles. The molecule has 134 valence electrons. The molecular weight excluding hydrogens is 402 g/mol. The summed E-state index contributed by atoms with van der Waals surface area (Å²) < 4.78 is 7.89. The van der Waals surface area contributed by atoms with E-state index in [0.29, 0.717) is 0 Å². The van der Waals surface area contributed by atoms with Gasteiger partial charge in [-0.3, -0.25) is 4.98 Å². The van der Waals surface area contributed by atoms with E-state index in [1.54, 1.807) is 0 Å². The summed E-state index contributed by atoms with van der Waals surface area (Å²) in [7, 11) is -2.59. The number of benzene rings is 2. The van der Waals surface area contributed by atoms with Crippen LogP contribution in [0.15, 0.2) is 77.4 Å². The molecule has 0 atom stereocenters. The second kappa shape index (κ2) is 7.37. The van der Waals surface area contributed by atoms with Crippen LogP contribution in [0.3, 0.4) is 0 Å².